The Labute approximate surface area is 60.9 Å². The molecule has 0 atom stereocenters. The largest absolute Gasteiger partial charge is 0.228 e. The van der Waals surface area contributed by atoms with E-state index >= 15 is 0 Å². The van der Waals surface area contributed by atoms with Crippen LogP contribution < -0.4 is 0 Å². The minimum Gasteiger partial charge on any atom is -0.228 e. The summed E-state index contributed by atoms with van der Waals surface area (Å²) in [7, 11) is -2.72. The van der Waals surface area contributed by atoms with Crippen LogP contribution in [-0.2, 0) is 9.84 Å². The first-order chi connectivity index (χ1) is 4.12. The molecule has 0 saturated carbocycles. The molecule has 4 heteroatoms. The molecule has 2 nitrogen and oxygen atoms in total. The van der Waals surface area contributed by atoms with Gasteiger partial charge in [-0.1, -0.05) is 6.92 Å². The minimum absolute atomic E-state index is 0.265. The lowest BCUT2D eigenvalue weighted by atomic mass is 10.6. The molecule has 0 rings (SSSR count). The van der Waals surface area contributed by atoms with Crippen LogP contribution in [-0.4, -0.2) is 25.5 Å². The van der Waals surface area contributed by atoms with E-state index < -0.39 is 9.84 Å². The van der Waals surface area contributed by atoms with Gasteiger partial charge >= 0.3 is 0 Å². The van der Waals surface area contributed by atoms with Gasteiger partial charge in [-0.2, -0.15) is 0 Å². The quantitative estimate of drug-likeness (QED) is 0.631. The molecule has 0 N–H and O–H groups in total. The zero-order valence-corrected chi connectivity index (χ0v) is 7.39. The van der Waals surface area contributed by atoms with Gasteiger partial charge in [-0.15, -0.1) is 11.8 Å². The fourth-order valence-electron chi connectivity index (χ4n) is 0.549. The Balaban J connectivity index is 3.73. The molecule has 0 aromatic rings. The normalized spacial score (nSPS) is 11.8. The standard InChI is InChI=1S/C5H12O2S2/c1-3-4-9(6,7)5-8-2/h3-5H2,1-2H3. The van der Waals surface area contributed by atoms with Crippen molar-refractivity contribution in [3.63, 3.8) is 0 Å². The number of rotatable bonds is 4. The highest BCUT2D eigenvalue weighted by molar-refractivity contribution is 8.12. The molecule has 9 heavy (non-hydrogen) atoms. The van der Waals surface area contributed by atoms with Crippen molar-refractivity contribution in [3.8, 4) is 0 Å². The molecule has 0 saturated heterocycles. The molecule has 0 radical (unpaired) electrons. The summed E-state index contributed by atoms with van der Waals surface area (Å²) >= 11 is 1.36. The molecule has 0 heterocycles. The Morgan fingerprint density at radius 3 is 2.33 bits per heavy atom. The van der Waals surface area contributed by atoms with E-state index in [1.54, 1.807) is 6.26 Å². The first-order valence-corrected chi connectivity index (χ1v) is 6.03. The highest BCUT2D eigenvalue weighted by Crippen LogP contribution is 2.01. The second kappa shape index (κ2) is 4.17. The summed E-state index contributed by atoms with van der Waals surface area (Å²) < 4.78 is 21.6. The van der Waals surface area contributed by atoms with E-state index in [2.05, 4.69) is 0 Å². The molecular formula is C5H12O2S2. The average molecular weight is 168 g/mol. The van der Waals surface area contributed by atoms with Crippen molar-refractivity contribution in [3.05, 3.63) is 0 Å². The Morgan fingerprint density at radius 2 is 2.00 bits per heavy atom. The summed E-state index contributed by atoms with van der Waals surface area (Å²) in [5.74, 6) is 0.327. The molecule has 0 aliphatic heterocycles. The SMILES string of the molecule is CCCS(=O)(=O)CSC. The van der Waals surface area contributed by atoms with Crippen molar-refractivity contribution < 1.29 is 8.42 Å². The fraction of sp³-hybridized carbons (Fsp3) is 1.00. The van der Waals surface area contributed by atoms with Crippen molar-refractivity contribution in [2.24, 2.45) is 0 Å². The zero-order valence-electron chi connectivity index (χ0n) is 5.75. The van der Waals surface area contributed by atoms with E-state index in [9.17, 15) is 8.42 Å². The molecule has 0 aliphatic rings. The maximum Gasteiger partial charge on any atom is 0.159 e. The minimum atomic E-state index is -2.72. The van der Waals surface area contributed by atoms with Crippen LogP contribution in [0.25, 0.3) is 0 Å². The summed E-state index contributed by atoms with van der Waals surface area (Å²) in [6.45, 7) is 1.87. The molecule has 0 aromatic heterocycles. The van der Waals surface area contributed by atoms with Crippen molar-refractivity contribution in [1.82, 2.24) is 0 Å². The van der Waals surface area contributed by atoms with Crippen LogP contribution >= 0.6 is 11.8 Å². The molecule has 0 amide bonds. The van der Waals surface area contributed by atoms with E-state index in [0.717, 1.165) is 6.42 Å². The Kier molecular flexibility index (Phi) is 4.31. The van der Waals surface area contributed by atoms with Gasteiger partial charge in [-0.05, 0) is 12.7 Å². The van der Waals surface area contributed by atoms with Crippen LogP contribution in [0.5, 0.6) is 0 Å². The summed E-state index contributed by atoms with van der Waals surface area (Å²) in [4.78, 5) is 0. The van der Waals surface area contributed by atoms with Gasteiger partial charge in [0.25, 0.3) is 0 Å². The first-order valence-electron chi connectivity index (χ1n) is 2.81. The van der Waals surface area contributed by atoms with Gasteiger partial charge in [-0.25, -0.2) is 8.42 Å². The van der Waals surface area contributed by atoms with Crippen molar-refractivity contribution in [1.29, 1.82) is 0 Å². The fourth-order valence-corrected chi connectivity index (χ4v) is 3.08. The van der Waals surface area contributed by atoms with Gasteiger partial charge in [0.2, 0.25) is 0 Å². The third-order valence-electron chi connectivity index (χ3n) is 0.813. The van der Waals surface area contributed by atoms with Crippen LogP contribution in [0, 0.1) is 0 Å². The van der Waals surface area contributed by atoms with Gasteiger partial charge < -0.3 is 0 Å². The van der Waals surface area contributed by atoms with Crippen molar-refractivity contribution >= 4 is 21.6 Å². The molecule has 0 fully saturated rings. The van der Waals surface area contributed by atoms with Gasteiger partial charge in [0.1, 0.15) is 0 Å². The second-order valence-corrected chi connectivity index (χ2v) is 5.27. The number of sulfone groups is 1. The number of hydrogen-bond donors (Lipinski definition) is 0. The Bertz CT molecular complexity index is 136. The third kappa shape index (κ3) is 4.78. The van der Waals surface area contributed by atoms with Crippen molar-refractivity contribution in [2.45, 2.75) is 13.3 Å². The molecule has 0 aliphatic carbocycles. The zero-order chi connectivity index (χ0) is 7.33. The number of thioether (sulfide) groups is 1. The third-order valence-corrected chi connectivity index (χ3v) is 4.22. The van der Waals surface area contributed by atoms with Crippen LogP contribution in [0.2, 0.25) is 0 Å². The van der Waals surface area contributed by atoms with Crippen LogP contribution in [0.1, 0.15) is 13.3 Å². The topological polar surface area (TPSA) is 34.1 Å². The second-order valence-electron chi connectivity index (χ2n) is 1.85. The number of hydrogen-bond acceptors (Lipinski definition) is 3. The maximum atomic E-state index is 10.8. The smallest absolute Gasteiger partial charge is 0.159 e. The van der Waals surface area contributed by atoms with Gasteiger partial charge in [0.05, 0.1) is 10.8 Å². The van der Waals surface area contributed by atoms with E-state index in [-0.39, 0.29) is 5.08 Å². The highest BCUT2D eigenvalue weighted by Gasteiger charge is 2.05. The van der Waals surface area contributed by atoms with E-state index in [1.807, 2.05) is 6.92 Å². The molecule has 0 unspecified atom stereocenters. The molecular weight excluding hydrogens is 156 g/mol. The lowest BCUT2D eigenvalue weighted by Gasteiger charge is -1.96. The molecule has 56 valence electrons. The summed E-state index contributed by atoms with van der Waals surface area (Å²) in [6.07, 6.45) is 2.52. The summed E-state index contributed by atoms with van der Waals surface area (Å²) in [5, 5.41) is 0.265. The van der Waals surface area contributed by atoms with Gasteiger partial charge in [0.15, 0.2) is 9.84 Å². The monoisotopic (exact) mass is 168 g/mol. The van der Waals surface area contributed by atoms with Crippen LogP contribution in [0.4, 0.5) is 0 Å². The van der Waals surface area contributed by atoms with E-state index in [1.165, 1.54) is 11.8 Å². The molecule has 0 bridgehead atoms. The summed E-state index contributed by atoms with van der Waals surface area (Å²) in [5.41, 5.74) is 0. The van der Waals surface area contributed by atoms with E-state index in [4.69, 9.17) is 0 Å². The van der Waals surface area contributed by atoms with Crippen LogP contribution in [0.15, 0.2) is 0 Å². The summed E-state index contributed by atoms with van der Waals surface area (Å²) in [6, 6.07) is 0. The maximum absolute atomic E-state index is 10.8. The van der Waals surface area contributed by atoms with Crippen molar-refractivity contribution in [2.75, 3.05) is 17.1 Å². The highest BCUT2D eigenvalue weighted by atomic mass is 32.3. The van der Waals surface area contributed by atoms with Crippen LogP contribution in [0.3, 0.4) is 0 Å². The molecule has 0 spiro atoms. The molecule has 0 aromatic carbocycles. The Hall–Kier alpha value is 0.300. The Morgan fingerprint density at radius 1 is 1.44 bits per heavy atom. The van der Waals surface area contributed by atoms with Gasteiger partial charge in [-0.3, -0.25) is 0 Å². The van der Waals surface area contributed by atoms with Gasteiger partial charge in [0, 0.05) is 0 Å². The van der Waals surface area contributed by atoms with E-state index in [0.29, 0.717) is 5.75 Å². The lowest BCUT2D eigenvalue weighted by Crippen LogP contribution is -2.06. The first kappa shape index (κ1) is 9.30. The predicted octanol–water partition coefficient (Wildman–Crippen LogP) is 1.13. The predicted molar refractivity (Wildman–Crippen MR) is 42.5 cm³/mol. The average Bonchev–Trinajstić information content (AvgIpc) is 1.64. The lowest BCUT2D eigenvalue weighted by molar-refractivity contribution is 0.599.